The standard InChI is InChI=1S/C11H12BrFN2O3/c1-11(2,6-12)14-10(16)8-4-3-7(13)5-9(8)15(17)18/h3-5H,6H2,1-2H3,(H,14,16). The normalized spacial score (nSPS) is 11.1. The van der Waals surface area contributed by atoms with E-state index < -0.39 is 27.9 Å². The third-order valence-electron chi connectivity index (χ3n) is 2.19. The van der Waals surface area contributed by atoms with Gasteiger partial charge in [-0.3, -0.25) is 14.9 Å². The largest absolute Gasteiger partial charge is 0.346 e. The smallest absolute Gasteiger partial charge is 0.285 e. The summed E-state index contributed by atoms with van der Waals surface area (Å²) in [6, 6.07) is 2.85. The molecule has 1 amide bonds. The van der Waals surface area contributed by atoms with Crippen molar-refractivity contribution in [1.82, 2.24) is 5.32 Å². The lowest BCUT2D eigenvalue weighted by atomic mass is 10.1. The molecule has 1 N–H and O–H groups in total. The van der Waals surface area contributed by atoms with Crippen LogP contribution in [0.3, 0.4) is 0 Å². The minimum absolute atomic E-state index is 0.157. The van der Waals surface area contributed by atoms with Crippen LogP contribution in [0.2, 0.25) is 0 Å². The van der Waals surface area contributed by atoms with Crippen molar-refractivity contribution in [2.45, 2.75) is 19.4 Å². The Labute approximate surface area is 112 Å². The van der Waals surface area contributed by atoms with Crippen LogP contribution in [0.1, 0.15) is 24.2 Å². The summed E-state index contributed by atoms with van der Waals surface area (Å²) in [6.07, 6.45) is 0. The quantitative estimate of drug-likeness (QED) is 0.527. The predicted molar refractivity (Wildman–Crippen MR) is 68.4 cm³/mol. The highest BCUT2D eigenvalue weighted by molar-refractivity contribution is 9.09. The van der Waals surface area contributed by atoms with Crippen LogP contribution in [-0.2, 0) is 0 Å². The molecule has 0 saturated heterocycles. The topological polar surface area (TPSA) is 72.2 Å². The zero-order valence-corrected chi connectivity index (χ0v) is 11.5. The molecule has 0 atom stereocenters. The van der Waals surface area contributed by atoms with Crippen molar-refractivity contribution in [3.8, 4) is 0 Å². The van der Waals surface area contributed by atoms with Crippen molar-refractivity contribution < 1.29 is 14.1 Å². The number of hydrogen-bond acceptors (Lipinski definition) is 3. The van der Waals surface area contributed by atoms with Gasteiger partial charge in [0, 0.05) is 10.9 Å². The van der Waals surface area contributed by atoms with Gasteiger partial charge in [0.2, 0.25) is 0 Å². The van der Waals surface area contributed by atoms with Gasteiger partial charge in [0.25, 0.3) is 11.6 Å². The highest BCUT2D eigenvalue weighted by Gasteiger charge is 2.25. The zero-order chi connectivity index (χ0) is 13.9. The average Bonchev–Trinajstić information content (AvgIpc) is 2.28. The first kappa shape index (κ1) is 14.6. The van der Waals surface area contributed by atoms with Crippen LogP contribution in [-0.4, -0.2) is 21.7 Å². The van der Waals surface area contributed by atoms with Crippen molar-refractivity contribution in [2.24, 2.45) is 0 Å². The molecule has 1 aromatic rings. The lowest BCUT2D eigenvalue weighted by Gasteiger charge is -2.23. The van der Waals surface area contributed by atoms with Crippen LogP contribution in [0.5, 0.6) is 0 Å². The van der Waals surface area contributed by atoms with Gasteiger partial charge < -0.3 is 5.32 Å². The molecule has 1 aromatic carbocycles. The van der Waals surface area contributed by atoms with E-state index in [1.54, 1.807) is 13.8 Å². The molecule has 0 aliphatic heterocycles. The number of hydrogen-bond donors (Lipinski definition) is 1. The molecule has 7 heteroatoms. The second kappa shape index (κ2) is 5.43. The molecule has 0 bridgehead atoms. The van der Waals surface area contributed by atoms with Gasteiger partial charge in [-0.25, -0.2) is 4.39 Å². The van der Waals surface area contributed by atoms with E-state index in [9.17, 15) is 19.3 Å². The van der Waals surface area contributed by atoms with E-state index in [4.69, 9.17) is 0 Å². The maximum atomic E-state index is 12.9. The number of halogens is 2. The number of amides is 1. The molecule has 0 aromatic heterocycles. The number of nitrogens with one attached hydrogen (secondary N) is 1. The summed E-state index contributed by atoms with van der Waals surface area (Å²) in [7, 11) is 0. The van der Waals surface area contributed by atoms with Crippen LogP contribution in [0, 0.1) is 15.9 Å². The number of carbonyl (C=O) groups is 1. The van der Waals surface area contributed by atoms with Crippen molar-refractivity contribution >= 4 is 27.5 Å². The molecule has 0 saturated carbocycles. The first-order chi connectivity index (χ1) is 8.26. The van der Waals surface area contributed by atoms with Gasteiger partial charge in [0.15, 0.2) is 0 Å². The Morgan fingerprint density at radius 2 is 2.17 bits per heavy atom. The molecule has 0 aliphatic rings. The van der Waals surface area contributed by atoms with E-state index in [1.807, 2.05) is 0 Å². The Balaban J connectivity index is 3.10. The lowest BCUT2D eigenvalue weighted by Crippen LogP contribution is -2.44. The Morgan fingerprint density at radius 1 is 1.56 bits per heavy atom. The minimum Gasteiger partial charge on any atom is -0.346 e. The first-order valence-corrected chi connectivity index (χ1v) is 6.21. The maximum absolute atomic E-state index is 12.9. The van der Waals surface area contributed by atoms with E-state index in [2.05, 4.69) is 21.2 Å². The molecule has 0 radical (unpaired) electrons. The number of carbonyl (C=O) groups excluding carboxylic acids is 1. The number of benzene rings is 1. The molecular weight excluding hydrogens is 307 g/mol. The second-order valence-corrected chi connectivity index (χ2v) is 4.95. The number of nitrogens with zero attached hydrogens (tertiary/aromatic N) is 1. The molecule has 0 heterocycles. The molecule has 0 fully saturated rings. The maximum Gasteiger partial charge on any atom is 0.285 e. The SMILES string of the molecule is CC(C)(CBr)NC(=O)c1ccc(F)cc1[N+](=O)[O-]. The lowest BCUT2D eigenvalue weighted by molar-refractivity contribution is -0.385. The third-order valence-corrected chi connectivity index (χ3v) is 3.59. The fourth-order valence-corrected chi connectivity index (χ4v) is 1.40. The zero-order valence-electron chi connectivity index (χ0n) is 9.87. The molecule has 0 unspecified atom stereocenters. The summed E-state index contributed by atoms with van der Waals surface area (Å²) in [4.78, 5) is 21.9. The summed E-state index contributed by atoms with van der Waals surface area (Å²) in [5.74, 6) is -1.36. The fraction of sp³-hybridized carbons (Fsp3) is 0.364. The number of nitro groups is 1. The van der Waals surface area contributed by atoms with E-state index in [0.29, 0.717) is 5.33 Å². The van der Waals surface area contributed by atoms with E-state index in [0.717, 1.165) is 18.2 Å². The van der Waals surface area contributed by atoms with E-state index >= 15 is 0 Å². The number of alkyl halides is 1. The molecule has 0 spiro atoms. The molecule has 1 rings (SSSR count). The fourth-order valence-electron chi connectivity index (χ4n) is 1.26. The highest BCUT2D eigenvalue weighted by atomic mass is 79.9. The Morgan fingerprint density at radius 3 is 2.67 bits per heavy atom. The monoisotopic (exact) mass is 318 g/mol. The molecule has 0 aliphatic carbocycles. The summed E-state index contributed by atoms with van der Waals surface area (Å²) < 4.78 is 12.9. The van der Waals surface area contributed by atoms with Crippen LogP contribution < -0.4 is 5.32 Å². The highest BCUT2D eigenvalue weighted by Crippen LogP contribution is 2.20. The van der Waals surface area contributed by atoms with Crippen LogP contribution in [0.4, 0.5) is 10.1 Å². The second-order valence-electron chi connectivity index (χ2n) is 4.39. The van der Waals surface area contributed by atoms with Gasteiger partial charge in [-0.05, 0) is 26.0 Å². The Hall–Kier alpha value is -1.50. The molecule has 18 heavy (non-hydrogen) atoms. The molecule has 98 valence electrons. The average molecular weight is 319 g/mol. The van der Waals surface area contributed by atoms with E-state index in [-0.39, 0.29) is 5.56 Å². The number of nitro benzene ring substituents is 1. The summed E-state index contributed by atoms with van der Waals surface area (Å²) in [5.41, 5.74) is -1.26. The van der Waals surface area contributed by atoms with Crippen molar-refractivity contribution in [3.63, 3.8) is 0 Å². The van der Waals surface area contributed by atoms with Gasteiger partial charge in [0.1, 0.15) is 11.4 Å². The molecular formula is C11H12BrFN2O3. The summed E-state index contributed by atoms with van der Waals surface area (Å²) in [5, 5.41) is 13.9. The third kappa shape index (κ3) is 3.49. The Kier molecular flexibility index (Phi) is 4.39. The number of rotatable bonds is 4. The van der Waals surface area contributed by atoms with Gasteiger partial charge in [-0.2, -0.15) is 0 Å². The van der Waals surface area contributed by atoms with E-state index in [1.165, 1.54) is 0 Å². The van der Waals surface area contributed by atoms with Gasteiger partial charge >= 0.3 is 0 Å². The van der Waals surface area contributed by atoms with Crippen molar-refractivity contribution in [3.05, 3.63) is 39.7 Å². The summed E-state index contributed by atoms with van der Waals surface area (Å²) >= 11 is 3.22. The van der Waals surface area contributed by atoms with Crippen LogP contribution in [0.15, 0.2) is 18.2 Å². The van der Waals surface area contributed by atoms with Crippen LogP contribution >= 0.6 is 15.9 Å². The minimum atomic E-state index is -0.779. The van der Waals surface area contributed by atoms with Gasteiger partial charge in [-0.1, -0.05) is 15.9 Å². The van der Waals surface area contributed by atoms with Gasteiger partial charge in [-0.15, -0.1) is 0 Å². The van der Waals surface area contributed by atoms with Crippen molar-refractivity contribution in [1.29, 1.82) is 0 Å². The first-order valence-electron chi connectivity index (χ1n) is 5.09. The van der Waals surface area contributed by atoms with Crippen molar-refractivity contribution in [2.75, 3.05) is 5.33 Å². The Bertz CT molecular complexity index is 491. The van der Waals surface area contributed by atoms with Crippen LogP contribution in [0.25, 0.3) is 0 Å². The predicted octanol–water partition coefficient (Wildman–Crippen LogP) is 2.64. The summed E-state index contributed by atoms with van der Waals surface area (Å²) in [6.45, 7) is 3.52. The van der Waals surface area contributed by atoms with Gasteiger partial charge in [0.05, 0.1) is 11.0 Å². The molecule has 5 nitrogen and oxygen atoms in total.